The van der Waals surface area contributed by atoms with E-state index in [1.165, 1.54) is 25.9 Å². The fraction of sp³-hybridized carbons (Fsp3) is 0.444. The quantitative estimate of drug-likeness (QED) is 0.892. The average molecular weight is 307 g/mol. The molecular weight excluding hydrogens is 286 g/mol. The minimum absolute atomic E-state index is 0.232. The standard InChI is InChI=1S/C18H21N5/c1-2-4-15-13(3-1)11-19-17(20-15)21-16-5-8-18(22-16)12-23-9-6-14(18)7-10-23/h1-5,11,14,22H,6-10,12H2,(H,19,20,21)/t18-/m0/s1. The van der Waals surface area contributed by atoms with Crippen LogP contribution in [0, 0.1) is 5.92 Å². The van der Waals surface area contributed by atoms with Gasteiger partial charge in [-0.1, -0.05) is 18.2 Å². The summed E-state index contributed by atoms with van der Waals surface area (Å²) in [5.41, 5.74) is 1.21. The summed E-state index contributed by atoms with van der Waals surface area (Å²) in [6.07, 6.45) is 7.90. The first kappa shape index (κ1) is 13.3. The zero-order valence-electron chi connectivity index (χ0n) is 13.1. The topological polar surface area (TPSA) is 53.1 Å². The summed E-state index contributed by atoms with van der Waals surface area (Å²) in [6, 6.07) is 8.08. The zero-order chi connectivity index (χ0) is 15.3. The van der Waals surface area contributed by atoms with Crippen molar-refractivity contribution in [1.29, 1.82) is 0 Å². The van der Waals surface area contributed by atoms with Crippen molar-refractivity contribution in [2.24, 2.45) is 5.92 Å². The number of fused-ring (bicyclic) bond motifs is 3. The van der Waals surface area contributed by atoms with Gasteiger partial charge in [0.2, 0.25) is 5.95 Å². The van der Waals surface area contributed by atoms with Gasteiger partial charge in [0, 0.05) is 18.1 Å². The van der Waals surface area contributed by atoms with Crippen molar-refractivity contribution in [1.82, 2.24) is 20.2 Å². The molecule has 1 aromatic heterocycles. The third kappa shape index (κ3) is 2.18. The smallest absolute Gasteiger partial charge is 0.228 e. The van der Waals surface area contributed by atoms with Crippen molar-refractivity contribution in [2.45, 2.75) is 24.8 Å². The van der Waals surface area contributed by atoms with E-state index in [-0.39, 0.29) is 5.54 Å². The molecule has 1 spiro atoms. The number of para-hydroxylation sites is 1. The number of hydrogen-bond donors (Lipinski definition) is 2. The van der Waals surface area contributed by atoms with Crippen molar-refractivity contribution in [3.63, 3.8) is 0 Å². The van der Waals surface area contributed by atoms with Crippen LogP contribution in [-0.2, 0) is 0 Å². The van der Waals surface area contributed by atoms with Gasteiger partial charge >= 0.3 is 0 Å². The van der Waals surface area contributed by atoms with E-state index in [0.29, 0.717) is 5.95 Å². The third-order valence-electron chi connectivity index (χ3n) is 5.66. The summed E-state index contributed by atoms with van der Waals surface area (Å²) in [7, 11) is 0. The fourth-order valence-electron chi connectivity index (χ4n) is 4.43. The zero-order valence-corrected chi connectivity index (χ0v) is 13.1. The largest absolute Gasteiger partial charge is 0.364 e. The van der Waals surface area contributed by atoms with E-state index in [1.807, 2.05) is 30.5 Å². The molecule has 0 saturated carbocycles. The molecule has 4 aliphatic rings. The van der Waals surface area contributed by atoms with Crippen LogP contribution in [0.25, 0.3) is 10.9 Å². The van der Waals surface area contributed by atoms with Gasteiger partial charge in [0.1, 0.15) is 5.82 Å². The summed E-state index contributed by atoms with van der Waals surface area (Å²) in [5.74, 6) is 2.52. The Morgan fingerprint density at radius 1 is 1.22 bits per heavy atom. The Balaban J connectivity index is 1.35. The number of piperidine rings is 3. The summed E-state index contributed by atoms with van der Waals surface area (Å²) < 4.78 is 0. The molecule has 3 saturated heterocycles. The van der Waals surface area contributed by atoms with Crippen LogP contribution in [-0.4, -0.2) is 40.0 Å². The van der Waals surface area contributed by atoms with Gasteiger partial charge in [-0.2, -0.15) is 0 Å². The summed E-state index contributed by atoms with van der Waals surface area (Å²) in [5, 5.41) is 8.21. The molecular formula is C18H21N5. The van der Waals surface area contributed by atoms with Crippen molar-refractivity contribution in [3.8, 4) is 0 Å². The Morgan fingerprint density at radius 2 is 2.09 bits per heavy atom. The molecule has 23 heavy (non-hydrogen) atoms. The van der Waals surface area contributed by atoms with E-state index in [0.717, 1.165) is 35.6 Å². The average Bonchev–Trinajstić information content (AvgIpc) is 2.98. The van der Waals surface area contributed by atoms with Gasteiger partial charge in [-0.25, -0.2) is 9.97 Å². The van der Waals surface area contributed by atoms with Crippen molar-refractivity contribution >= 4 is 16.9 Å². The lowest BCUT2D eigenvalue weighted by Gasteiger charge is -2.52. The monoisotopic (exact) mass is 307 g/mol. The van der Waals surface area contributed by atoms with Gasteiger partial charge in [0.15, 0.2) is 0 Å². The van der Waals surface area contributed by atoms with Gasteiger partial charge in [0.25, 0.3) is 0 Å². The number of anilines is 1. The summed E-state index contributed by atoms with van der Waals surface area (Å²) in [4.78, 5) is 11.6. The minimum Gasteiger partial charge on any atom is -0.364 e. The Kier molecular flexibility index (Phi) is 2.85. The van der Waals surface area contributed by atoms with E-state index in [1.54, 1.807) is 0 Å². The molecule has 1 aromatic carbocycles. The highest BCUT2D eigenvalue weighted by Crippen LogP contribution is 2.41. The molecule has 118 valence electrons. The van der Waals surface area contributed by atoms with E-state index < -0.39 is 0 Å². The van der Waals surface area contributed by atoms with E-state index in [2.05, 4.69) is 31.6 Å². The van der Waals surface area contributed by atoms with Crippen LogP contribution in [0.2, 0.25) is 0 Å². The van der Waals surface area contributed by atoms with E-state index >= 15 is 0 Å². The number of benzene rings is 1. The highest BCUT2D eigenvalue weighted by Gasteiger charge is 2.48. The number of aromatic nitrogens is 2. The second-order valence-corrected chi connectivity index (χ2v) is 7.03. The highest BCUT2D eigenvalue weighted by molar-refractivity contribution is 5.78. The molecule has 1 atom stereocenters. The molecule has 0 aliphatic carbocycles. The van der Waals surface area contributed by atoms with Crippen LogP contribution in [0.5, 0.6) is 0 Å². The van der Waals surface area contributed by atoms with Crippen LogP contribution in [0.1, 0.15) is 19.3 Å². The number of rotatable bonds is 2. The molecule has 4 aliphatic heterocycles. The van der Waals surface area contributed by atoms with Crippen molar-refractivity contribution < 1.29 is 0 Å². The summed E-state index contributed by atoms with van der Waals surface area (Å²) in [6.45, 7) is 3.70. The number of nitrogens with zero attached hydrogens (tertiary/aromatic N) is 3. The van der Waals surface area contributed by atoms with Crippen molar-refractivity contribution in [2.75, 3.05) is 25.0 Å². The van der Waals surface area contributed by atoms with Gasteiger partial charge < -0.3 is 15.5 Å². The van der Waals surface area contributed by atoms with Gasteiger partial charge in [-0.05, 0) is 50.4 Å². The molecule has 5 nitrogen and oxygen atoms in total. The van der Waals surface area contributed by atoms with E-state index in [4.69, 9.17) is 0 Å². The molecule has 0 amide bonds. The van der Waals surface area contributed by atoms with Crippen LogP contribution in [0.15, 0.2) is 42.4 Å². The lowest BCUT2D eigenvalue weighted by atomic mass is 9.72. The lowest BCUT2D eigenvalue weighted by molar-refractivity contribution is 0.0189. The minimum atomic E-state index is 0.232. The van der Waals surface area contributed by atoms with E-state index in [9.17, 15) is 0 Å². The third-order valence-corrected chi connectivity index (χ3v) is 5.66. The maximum absolute atomic E-state index is 4.61. The molecule has 3 fully saturated rings. The Bertz CT molecular complexity index is 778. The van der Waals surface area contributed by atoms with Gasteiger partial charge in [-0.15, -0.1) is 0 Å². The second-order valence-electron chi connectivity index (χ2n) is 7.03. The first-order valence-corrected chi connectivity index (χ1v) is 8.50. The first-order chi connectivity index (χ1) is 11.3. The Labute approximate surface area is 135 Å². The van der Waals surface area contributed by atoms with Crippen LogP contribution in [0.3, 0.4) is 0 Å². The normalized spacial score (nSPS) is 32.1. The lowest BCUT2D eigenvalue weighted by Crippen LogP contribution is -2.64. The molecule has 2 bridgehead atoms. The highest BCUT2D eigenvalue weighted by atomic mass is 15.3. The summed E-state index contributed by atoms with van der Waals surface area (Å²) >= 11 is 0. The molecule has 5 heterocycles. The predicted octanol–water partition coefficient (Wildman–Crippen LogP) is 2.34. The molecule has 0 radical (unpaired) electrons. The number of hydrogen-bond acceptors (Lipinski definition) is 5. The number of nitrogens with one attached hydrogen (secondary N) is 2. The predicted molar refractivity (Wildman–Crippen MR) is 90.9 cm³/mol. The molecule has 5 heteroatoms. The molecule has 6 rings (SSSR count). The molecule has 2 N–H and O–H groups in total. The van der Waals surface area contributed by atoms with Crippen molar-refractivity contribution in [3.05, 3.63) is 42.4 Å². The van der Waals surface area contributed by atoms with Gasteiger partial charge in [-0.3, -0.25) is 0 Å². The Morgan fingerprint density at radius 3 is 2.91 bits per heavy atom. The molecule has 2 aromatic rings. The van der Waals surface area contributed by atoms with Crippen LogP contribution < -0.4 is 10.6 Å². The SMILES string of the molecule is C1=C(Nc2ncc3ccccc3n2)N[C@@]2(C1)CN1CCC2CC1. The van der Waals surface area contributed by atoms with Gasteiger partial charge in [0.05, 0.1) is 11.1 Å². The fourth-order valence-corrected chi connectivity index (χ4v) is 4.43. The maximum atomic E-state index is 4.61. The first-order valence-electron chi connectivity index (χ1n) is 8.50. The Hall–Kier alpha value is -2.14. The van der Waals surface area contributed by atoms with Crippen LogP contribution in [0.4, 0.5) is 5.95 Å². The molecule has 0 unspecified atom stereocenters. The van der Waals surface area contributed by atoms with Crippen LogP contribution >= 0.6 is 0 Å². The maximum Gasteiger partial charge on any atom is 0.228 e. The second kappa shape index (κ2) is 4.93.